The van der Waals surface area contributed by atoms with Crippen molar-refractivity contribution in [1.29, 1.82) is 0 Å². The summed E-state index contributed by atoms with van der Waals surface area (Å²) < 4.78 is 18.9. The van der Waals surface area contributed by atoms with Crippen molar-refractivity contribution >= 4 is 17.9 Å². The van der Waals surface area contributed by atoms with E-state index in [0.717, 1.165) is 129 Å². The zero-order chi connectivity index (χ0) is 54.5. The molecule has 0 N–H and O–H groups in total. The minimum atomic E-state index is -0.885. The molecular weight excluding hydrogens is 943 g/mol. The fraction of sp³-hybridized carbons (Fsp3) is 0.810. The van der Waals surface area contributed by atoms with Crippen molar-refractivity contribution in [2.45, 2.75) is 310 Å². The average Bonchev–Trinajstić information content (AvgIpc) is 3.40. The molecule has 0 saturated carbocycles. The maximum atomic E-state index is 13.6. The third-order valence-corrected chi connectivity index (χ3v) is 14.0. The standard InChI is InChI=1S/C63H111N3O9/c1-4-7-10-13-16-19-22-25-28-31-34-37-40-43-46-49-58(67)73-55-52-64-61(70)65(53-56-74-59(68)50-47-44-41-38-35-32-29-26-23-20-17-14-11-8-5-2)63(72)66(62(64)71)54-57-75-60(69)51-48-45-42-39-36-33-30-27-24-21-18-15-12-9-6-3/h25-30H,4-24,31-57H2,1-3H3/b28-25-,29-26-,30-27-. The smallest absolute Gasteiger partial charge is 0.336 e. The molecule has 0 atom stereocenters. The number of rotatable bonds is 54. The number of hydrogen-bond acceptors (Lipinski definition) is 9. The van der Waals surface area contributed by atoms with Crippen LogP contribution in [-0.4, -0.2) is 51.4 Å². The van der Waals surface area contributed by atoms with E-state index in [-0.39, 0.29) is 58.7 Å². The summed E-state index contributed by atoms with van der Waals surface area (Å²) in [5.41, 5.74) is -2.66. The van der Waals surface area contributed by atoms with Crippen molar-refractivity contribution in [3.63, 3.8) is 0 Å². The van der Waals surface area contributed by atoms with E-state index in [0.29, 0.717) is 19.3 Å². The van der Waals surface area contributed by atoms with Gasteiger partial charge < -0.3 is 14.2 Å². The Bertz CT molecular complexity index is 1570. The summed E-state index contributed by atoms with van der Waals surface area (Å²) in [6.45, 7) is 5.26. The van der Waals surface area contributed by atoms with E-state index in [9.17, 15) is 28.8 Å². The first-order valence-corrected chi connectivity index (χ1v) is 31.1. The van der Waals surface area contributed by atoms with Crippen molar-refractivity contribution in [2.75, 3.05) is 19.8 Å². The molecule has 1 aromatic rings. The van der Waals surface area contributed by atoms with Crippen molar-refractivity contribution in [2.24, 2.45) is 0 Å². The Morgan fingerprint density at radius 1 is 0.293 bits per heavy atom. The Morgan fingerprint density at radius 2 is 0.480 bits per heavy atom. The van der Waals surface area contributed by atoms with E-state index in [2.05, 4.69) is 57.2 Å². The number of unbranched alkanes of at least 4 members (excludes halogenated alkanes) is 33. The summed E-state index contributed by atoms with van der Waals surface area (Å²) in [4.78, 5) is 78.7. The van der Waals surface area contributed by atoms with Crippen molar-refractivity contribution in [3.8, 4) is 0 Å². The van der Waals surface area contributed by atoms with Crippen molar-refractivity contribution in [1.82, 2.24) is 13.7 Å². The molecule has 0 saturated heterocycles. The Labute approximate surface area is 456 Å². The van der Waals surface area contributed by atoms with Gasteiger partial charge in [0.1, 0.15) is 19.8 Å². The second kappa shape index (κ2) is 52.1. The maximum Gasteiger partial charge on any atom is 0.336 e. The molecule has 0 amide bonds. The first-order chi connectivity index (χ1) is 36.8. The Balaban J connectivity index is 2.61. The summed E-state index contributed by atoms with van der Waals surface area (Å²) in [5.74, 6) is -1.23. The number of carbonyl (C=O) groups excluding carboxylic acids is 3. The minimum Gasteiger partial charge on any atom is -0.464 e. The Hall–Kier alpha value is -3.96. The third-order valence-electron chi connectivity index (χ3n) is 14.0. The molecule has 432 valence electrons. The highest BCUT2D eigenvalue weighted by molar-refractivity contribution is 5.69. The van der Waals surface area contributed by atoms with Gasteiger partial charge in [-0.1, -0.05) is 211 Å². The van der Waals surface area contributed by atoms with Gasteiger partial charge >= 0.3 is 35.0 Å². The molecule has 0 radical (unpaired) electrons. The largest absolute Gasteiger partial charge is 0.464 e. The van der Waals surface area contributed by atoms with Crippen LogP contribution in [0.5, 0.6) is 0 Å². The molecule has 0 aliphatic rings. The summed E-state index contributed by atoms with van der Waals surface area (Å²) in [6.07, 6.45) is 59.6. The summed E-state index contributed by atoms with van der Waals surface area (Å²) >= 11 is 0. The van der Waals surface area contributed by atoms with Gasteiger partial charge in [0.2, 0.25) is 0 Å². The molecule has 75 heavy (non-hydrogen) atoms. The fourth-order valence-corrected chi connectivity index (χ4v) is 9.25. The molecule has 12 heteroatoms. The number of carbonyl (C=O) groups is 3. The molecule has 0 bridgehead atoms. The highest BCUT2D eigenvalue weighted by Gasteiger charge is 2.17. The van der Waals surface area contributed by atoms with Crippen LogP contribution in [0.15, 0.2) is 50.8 Å². The van der Waals surface area contributed by atoms with Gasteiger partial charge in [-0.2, -0.15) is 0 Å². The highest BCUT2D eigenvalue weighted by Crippen LogP contribution is 2.14. The van der Waals surface area contributed by atoms with Crippen LogP contribution < -0.4 is 17.1 Å². The molecule has 0 aromatic carbocycles. The average molecular weight is 1050 g/mol. The summed E-state index contributed by atoms with van der Waals surface area (Å²) in [7, 11) is 0. The minimum absolute atomic E-state index is 0.229. The highest BCUT2D eigenvalue weighted by atomic mass is 16.5. The van der Waals surface area contributed by atoms with Crippen LogP contribution >= 0.6 is 0 Å². The van der Waals surface area contributed by atoms with Crippen LogP contribution in [-0.2, 0) is 48.2 Å². The second-order valence-electron chi connectivity index (χ2n) is 21.0. The van der Waals surface area contributed by atoms with Gasteiger partial charge in [0, 0.05) is 19.3 Å². The van der Waals surface area contributed by atoms with E-state index >= 15 is 0 Å². The van der Waals surface area contributed by atoms with Gasteiger partial charge in [0.25, 0.3) is 0 Å². The molecule has 12 nitrogen and oxygen atoms in total. The molecule has 0 aliphatic carbocycles. The third kappa shape index (κ3) is 40.9. The normalized spacial score (nSPS) is 11.7. The quantitative estimate of drug-likeness (QED) is 0.0269. The number of esters is 3. The molecule has 0 spiro atoms. The van der Waals surface area contributed by atoms with Crippen LogP contribution in [0.1, 0.15) is 290 Å². The van der Waals surface area contributed by atoms with Crippen LogP contribution in [0.3, 0.4) is 0 Å². The van der Waals surface area contributed by atoms with Crippen LogP contribution in [0.4, 0.5) is 0 Å². The van der Waals surface area contributed by atoms with Gasteiger partial charge in [-0.15, -0.1) is 0 Å². The molecule has 0 unspecified atom stereocenters. The number of ether oxygens (including phenoxy) is 3. The first kappa shape index (κ1) is 69.1. The van der Waals surface area contributed by atoms with Gasteiger partial charge in [-0.3, -0.25) is 14.4 Å². The van der Waals surface area contributed by atoms with E-state index in [4.69, 9.17) is 14.2 Å². The van der Waals surface area contributed by atoms with Crippen LogP contribution in [0.2, 0.25) is 0 Å². The van der Waals surface area contributed by atoms with Gasteiger partial charge in [0.05, 0.1) is 19.6 Å². The molecule has 1 aromatic heterocycles. The van der Waals surface area contributed by atoms with E-state index < -0.39 is 35.0 Å². The first-order valence-electron chi connectivity index (χ1n) is 31.1. The van der Waals surface area contributed by atoms with E-state index in [1.165, 1.54) is 116 Å². The van der Waals surface area contributed by atoms with Crippen LogP contribution in [0.25, 0.3) is 0 Å². The lowest BCUT2D eigenvalue weighted by atomic mass is 10.1. The summed E-state index contributed by atoms with van der Waals surface area (Å²) in [6, 6.07) is 0. The van der Waals surface area contributed by atoms with Gasteiger partial charge in [0.15, 0.2) is 0 Å². The zero-order valence-corrected chi connectivity index (χ0v) is 48.4. The number of allylic oxidation sites excluding steroid dienone is 6. The fourth-order valence-electron chi connectivity index (χ4n) is 9.25. The number of nitrogens with zero attached hydrogens (tertiary/aromatic N) is 3. The van der Waals surface area contributed by atoms with Gasteiger partial charge in [-0.25, -0.2) is 28.1 Å². The molecular formula is C63H111N3O9. The maximum absolute atomic E-state index is 13.6. The van der Waals surface area contributed by atoms with E-state index in [1.807, 2.05) is 0 Å². The Kier molecular flexibility index (Phi) is 48.0. The lowest BCUT2D eigenvalue weighted by Gasteiger charge is -2.14. The van der Waals surface area contributed by atoms with Crippen molar-refractivity contribution < 1.29 is 28.6 Å². The summed E-state index contributed by atoms with van der Waals surface area (Å²) in [5, 5.41) is 0. The van der Waals surface area contributed by atoms with Gasteiger partial charge in [-0.05, 0) is 96.3 Å². The van der Waals surface area contributed by atoms with Crippen LogP contribution in [0, 0.1) is 0 Å². The second-order valence-corrected chi connectivity index (χ2v) is 21.0. The lowest BCUT2D eigenvalue weighted by molar-refractivity contribution is -0.144. The molecule has 0 aliphatic heterocycles. The lowest BCUT2D eigenvalue weighted by Crippen LogP contribution is -2.55. The monoisotopic (exact) mass is 1050 g/mol. The molecule has 1 rings (SSSR count). The van der Waals surface area contributed by atoms with E-state index in [1.54, 1.807) is 0 Å². The molecule has 0 fully saturated rings. The molecule has 1 heterocycles. The number of aromatic nitrogens is 3. The topological polar surface area (TPSA) is 145 Å². The van der Waals surface area contributed by atoms with Crippen molar-refractivity contribution in [3.05, 3.63) is 67.9 Å². The predicted octanol–water partition coefficient (Wildman–Crippen LogP) is 15.9. The predicted molar refractivity (Wildman–Crippen MR) is 310 cm³/mol. The Morgan fingerprint density at radius 3 is 0.693 bits per heavy atom. The SMILES string of the molecule is CCCCCCCC/C=C\CCCCCCCC(=O)OCCn1c(=O)n(CCOC(=O)CCCCCCC/C=C\CCCCCCCC)c(=O)n(CCOC(=O)CCCCCCC/C=C\CCCCCCCC)c1=O. The number of hydrogen-bond donors (Lipinski definition) is 0. The zero-order valence-electron chi connectivity index (χ0n) is 48.4.